The van der Waals surface area contributed by atoms with Gasteiger partial charge in [-0.05, 0) is 87.4 Å². The third-order valence-corrected chi connectivity index (χ3v) is 10.1. The van der Waals surface area contributed by atoms with E-state index in [1.54, 1.807) is 36.4 Å². The number of piperidine rings is 1. The standard InChI is InChI=1S/C28H33N3O6S2/c1-3-37-25-13-11-24(12-14-25)31(39(35,36)27-15-7-22(2)8-16-27)21-28(32)29-23-9-17-26(18-10-23)38(33,34)30-19-5-4-6-20-30/h7-18H,3-6,19-21H2,1-2H3,(H,29,32). The minimum absolute atomic E-state index is 0.0575. The molecule has 0 bridgehead atoms. The highest BCUT2D eigenvalue weighted by atomic mass is 32.2. The molecule has 0 unspecified atom stereocenters. The van der Waals surface area contributed by atoms with Gasteiger partial charge in [-0.3, -0.25) is 9.10 Å². The van der Waals surface area contributed by atoms with Crippen LogP contribution in [0.3, 0.4) is 0 Å². The van der Waals surface area contributed by atoms with Gasteiger partial charge in [0.1, 0.15) is 12.3 Å². The molecule has 208 valence electrons. The molecule has 1 fully saturated rings. The Bertz CT molecular complexity index is 1480. The van der Waals surface area contributed by atoms with Gasteiger partial charge >= 0.3 is 0 Å². The maximum Gasteiger partial charge on any atom is 0.264 e. The lowest BCUT2D eigenvalue weighted by Gasteiger charge is -2.26. The van der Waals surface area contributed by atoms with Crippen LogP contribution < -0.4 is 14.4 Å². The van der Waals surface area contributed by atoms with Gasteiger partial charge in [0.25, 0.3) is 10.0 Å². The summed E-state index contributed by atoms with van der Waals surface area (Å²) in [5, 5.41) is 2.69. The fourth-order valence-corrected chi connectivity index (χ4v) is 7.26. The van der Waals surface area contributed by atoms with E-state index in [2.05, 4.69) is 5.32 Å². The highest BCUT2D eigenvalue weighted by Gasteiger charge is 2.28. The van der Waals surface area contributed by atoms with Gasteiger partial charge in [-0.15, -0.1) is 0 Å². The van der Waals surface area contributed by atoms with Crippen LogP contribution in [0.2, 0.25) is 0 Å². The van der Waals surface area contributed by atoms with Crippen molar-refractivity contribution >= 4 is 37.3 Å². The third kappa shape index (κ3) is 6.78. The lowest BCUT2D eigenvalue weighted by Crippen LogP contribution is -2.38. The smallest absolute Gasteiger partial charge is 0.264 e. The van der Waals surface area contributed by atoms with E-state index >= 15 is 0 Å². The number of carbonyl (C=O) groups is 1. The zero-order valence-electron chi connectivity index (χ0n) is 22.0. The number of carbonyl (C=O) groups excluding carboxylic acids is 1. The van der Waals surface area contributed by atoms with E-state index in [0.29, 0.717) is 36.8 Å². The molecule has 1 aliphatic heterocycles. The average Bonchev–Trinajstić information content (AvgIpc) is 2.93. The van der Waals surface area contributed by atoms with Crippen molar-refractivity contribution in [2.75, 3.05) is 35.9 Å². The third-order valence-electron chi connectivity index (χ3n) is 6.42. The number of amides is 1. The normalized spacial score (nSPS) is 14.5. The Labute approximate surface area is 230 Å². The Hall–Kier alpha value is -3.41. The predicted octanol–water partition coefficient (Wildman–Crippen LogP) is 4.40. The van der Waals surface area contributed by atoms with Gasteiger partial charge in [-0.2, -0.15) is 4.31 Å². The number of hydrogen-bond acceptors (Lipinski definition) is 6. The Balaban J connectivity index is 1.54. The molecule has 0 saturated carbocycles. The number of sulfonamides is 2. The zero-order chi connectivity index (χ0) is 28.0. The molecule has 0 aromatic heterocycles. The summed E-state index contributed by atoms with van der Waals surface area (Å²) in [6.45, 7) is 4.68. The first-order chi connectivity index (χ1) is 18.6. The Kier molecular flexibility index (Phi) is 8.94. The zero-order valence-corrected chi connectivity index (χ0v) is 23.7. The fourth-order valence-electron chi connectivity index (χ4n) is 4.32. The fraction of sp³-hybridized carbons (Fsp3) is 0.321. The first kappa shape index (κ1) is 28.6. The van der Waals surface area contributed by atoms with Crippen LogP contribution >= 0.6 is 0 Å². The summed E-state index contributed by atoms with van der Waals surface area (Å²) in [4.78, 5) is 13.3. The van der Waals surface area contributed by atoms with Gasteiger partial charge in [-0.25, -0.2) is 16.8 Å². The number of hydrogen-bond donors (Lipinski definition) is 1. The summed E-state index contributed by atoms with van der Waals surface area (Å²) in [5.74, 6) is 0.00388. The highest BCUT2D eigenvalue weighted by molar-refractivity contribution is 7.92. The largest absolute Gasteiger partial charge is 0.494 e. The van der Waals surface area contributed by atoms with E-state index < -0.39 is 32.5 Å². The van der Waals surface area contributed by atoms with Crippen LogP contribution in [-0.4, -0.2) is 53.3 Å². The van der Waals surface area contributed by atoms with Gasteiger partial charge in [0.15, 0.2) is 0 Å². The molecule has 9 nitrogen and oxygen atoms in total. The van der Waals surface area contributed by atoms with Crippen molar-refractivity contribution < 1.29 is 26.4 Å². The van der Waals surface area contributed by atoms with Gasteiger partial charge in [0.2, 0.25) is 15.9 Å². The first-order valence-electron chi connectivity index (χ1n) is 12.8. The van der Waals surface area contributed by atoms with E-state index in [-0.39, 0.29) is 9.79 Å². The first-order valence-corrected chi connectivity index (χ1v) is 15.7. The van der Waals surface area contributed by atoms with Crippen LogP contribution in [0.5, 0.6) is 5.75 Å². The molecule has 1 saturated heterocycles. The molecular formula is C28H33N3O6S2. The van der Waals surface area contributed by atoms with E-state index in [9.17, 15) is 21.6 Å². The Morgan fingerprint density at radius 1 is 0.846 bits per heavy atom. The molecule has 1 N–H and O–H groups in total. The van der Waals surface area contributed by atoms with Crippen LogP contribution in [0.15, 0.2) is 82.6 Å². The van der Waals surface area contributed by atoms with E-state index in [1.807, 2.05) is 13.8 Å². The number of ether oxygens (including phenoxy) is 1. The summed E-state index contributed by atoms with van der Waals surface area (Å²) < 4.78 is 61.0. The van der Waals surface area contributed by atoms with Crippen molar-refractivity contribution in [3.8, 4) is 5.75 Å². The molecule has 0 aliphatic carbocycles. The average molecular weight is 572 g/mol. The summed E-state index contributed by atoms with van der Waals surface area (Å²) in [7, 11) is -7.68. The molecule has 3 aromatic carbocycles. The summed E-state index contributed by atoms with van der Waals surface area (Å²) in [6.07, 6.45) is 2.69. The molecule has 1 heterocycles. The second-order valence-electron chi connectivity index (χ2n) is 9.29. The van der Waals surface area contributed by atoms with E-state index in [1.165, 1.54) is 40.7 Å². The van der Waals surface area contributed by atoms with Gasteiger partial charge in [0, 0.05) is 18.8 Å². The number of nitrogens with zero attached hydrogens (tertiary/aromatic N) is 2. The topological polar surface area (TPSA) is 113 Å². The van der Waals surface area contributed by atoms with Crippen LogP contribution in [0.25, 0.3) is 0 Å². The number of anilines is 2. The van der Waals surface area contributed by atoms with Crippen molar-refractivity contribution in [3.05, 3.63) is 78.4 Å². The SMILES string of the molecule is CCOc1ccc(N(CC(=O)Nc2ccc(S(=O)(=O)N3CCCCC3)cc2)S(=O)(=O)c2ccc(C)cc2)cc1. The Morgan fingerprint density at radius 2 is 1.44 bits per heavy atom. The monoisotopic (exact) mass is 571 g/mol. The van der Waals surface area contributed by atoms with Crippen molar-refractivity contribution in [2.45, 2.75) is 42.9 Å². The lowest BCUT2D eigenvalue weighted by molar-refractivity contribution is -0.114. The lowest BCUT2D eigenvalue weighted by atomic mass is 10.2. The van der Waals surface area contributed by atoms with E-state index in [4.69, 9.17) is 4.74 Å². The van der Waals surface area contributed by atoms with Gasteiger partial charge < -0.3 is 10.1 Å². The van der Waals surface area contributed by atoms with Gasteiger partial charge in [0.05, 0.1) is 22.1 Å². The molecule has 0 spiro atoms. The van der Waals surface area contributed by atoms with Crippen molar-refractivity contribution in [2.24, 2.45) is 0 Å². The molecule has 4 rings (SSSR count). The van der Waals surface area contributed by atoms with Crippen molar-refractivity contribution in [3.63, 3.8) is 0 Å². The van der Waals surface area contributed by atoms with Crippen LogP contribution in [-0.2, 0) is 24.8 Å². The van der Waals surface area contributed by atoms with Gasteiger partial charge in [-0.1, -0.05) is 24.1 Å². The number of rotatable bonds is 10. The minimum atomic E-state index is -4.08. The molecule has 1 amide bonds. The van der Waals surface area contributed by atoms with E-state index in [0.717, 1.165) is 29.1 Å². The number of aryl methyl sites for hydroxylation is 1. The molecule has 11 heteroatoms. The second-order valence-corrected chi connectivity index (χ2v) is 13.1. The second kappa shape index (κ2) is 12.2. The van der Waals surface area contributed by atoms with Crippen LogP contribution in [0, 0.1) is 6.92 Å². The number of nitrogens with one attached hydrogen (secondary N) is 1. The van der Waals surface area contributed by atoms with Crippen molar-refractivity contribution in [1.82, 2.24) is 4.31 Å². The van der Waals surface area contributed by atoms with Crippen LogP contribution in [0.1, 0.15) is 31.7 Å². The molecule has 0 radical (unpaired) electrons. The number of benzene rings is 3. The minimum Gasteiger partial charge on any atom is -0.494 e. The highest BCUT2D eigenvalue weighted by Crippen LogP contribution is 2.27. The maximum atomic E-state index is 13.6. The van der Waals surface area contributed by atoms with Crippen molar-refractivity contribution in [1.29, 1.82) is 0 Å². The summed E-state index contributed by atoms with van der Waals surface area (Å²) in [6, 6.07) is 18.8. The molecule has 3 aromatic rings. The maximum absolute atomic E-state index is 13.6. The quantitative estimate of drug-likeness (QED) is 0.386. The summed E-state index contributed by atoms with van der Waals surface area (Å²) >= 11 is 0. The molecule has 39 heavy (non-hydrogen) atoms. The molecule has 1 aliphatic rings. The Morgan fingerprint density at radius 3 is 2.03 bits per heavy atom. The summed E-state index contributed by atoms with van der Waals surface area (Å²) in [5.41, 5.74) is 1.57. The van der Waals surface area contributed by atoms with Crippen LogP contribution in [0.4, 0.5) is 11.4 Å². The molecule has 0 atom stereocenters. The molecular weight excluding hydrogens is 538 g/mol. The predicted molar refractivity (Wildman–Crippen MR) is 151 cm³/mol.